The van der Waals surface area contributed by atoms with Crippen LogP contribution in [0.2, 0.25) is 0 Å². The van der Waals surface area contributed by atoms with Crippen LogP contribution in [0.15, 0.2) is 36.4 Å². The first kappa shape index (κ1) is 12.3. The van der Waals surface area contributed by atoms with Crippen LogP contribution in [0, 0.1) is 5.41 Å². The third kappa shape index (κ3) is 2.49. The molecule has 0 saturated carbocycles. The van der Waals surface area contributed by atoms with Gasteiger partial charge in [0.2, 0.25) is 12.7 Å². The number of nitrogen functional groups attached to an aromatic ring is 1. The predicted molar refractivity (Wildman–Crippen MR) is 72.2 cm³/mol. The highest BCUT2D eigenvalue weighted by atomic mass is 16.7. The Kier molecular flexibility index (Phi) is 3.12. The largest absolute Gasteiger partial charge is 0.473 e. The third-order valence-corrected chi connectivity index (χ3v) is 2.82. The Morgan fingerprint density at radius 2 is 2.10 bits per heavy atom. The Morgan fingerprint density at radius 3 is 2.95 bits per heavy atom. The Hall–Kier alpha value is -2.76. The number of aromatic nitrogens is 1. The van der Waals surface area contributed by atoms with Gasteiger partial charge in [0.25, 0.3) is 0 Å². The average molecular weight is 271 g/mol. The monoisotopic (exact) mass is 271 g/mol. The van der Waals surface area contributed by atoms with Crippen molar-refractivity contribution in [3.8, 4) is 17.4 Å². The van der Waals surface area contributed by atoms with Gasteiger partial charge in [-0.2, -0.15) is 0 Å². The van der Waals surface area contributed by atoms with E-state index in [-0.39, 0.29) is 12.6 Å². The van der Waals surface area contributed by atoms with Crippen LogP contribution in [0.5, 0.6) is 17.4 Å². The van der Waals surface area contributed by atoms with Gasteiger partial charge in [-0.1, -0.05) is 12.1 Å². The molecule has 1 aromatic carbocycles. The number of nitrogens with one attached hydrogen (secondary N) is 1. The van der Waals surface area contributed by atoms with Gasteiger partial charge in [0.1, 0.15) is 18.1 Å². The summed E-state index contributed by atoms with van der Waals surface area (Å²) in [5.41, 5.74) is 6.73. The fourth-order valence-corrected chi connectivity index (χ4v) is 1.83. The molecule has 0 spiro atoms. The number of nitrogens with two attached hydrogens (primary N) is 1. The van der Waals surface area contributed by atoms with E-state index in [0.717, 1.165) is 17.1 Å². The number of pyridine rings is 1. The normalized spacial score (nSPS) is 12.2. The molecule has 0 bridgehead atoms. The third-order valence-electron chi connectivity index (χ3n) is 2.82. The van der Waals surface area contributed by atoms with Gasteiger partial charge in [0, 0.05) is 6.07 Å². The highest BCUT2D eigenvalue weighted by Crippen LogP contribution is 2.32. The number of ether oxygens (including phenoxy) is 3. The fraction of sp³-hybridized carbons (Fsp3) is 0.143. The maximum absolute atomic E-state index is 7.34. The predicted octanol–water partition coefficient (Wildman–Crippen LogP) is 1.67. The second-order valence-electron chi connectivity index (χ2n) is 4.25. The molecule has 0 saturated heterocycles. The molecular formula is C14H13N3O3. The lowest BCUT2D eigenvalue weighted by Crippen LogP contribution is -2.13. The van der Waals surface area contributed by atoms with Crippen molar-refractivity contribution in [2.75, 3.05) is 6.79 Å². The van der Waals surface area contributed by atoms with E-state index in [1.165, 1.54) is 0 Å². The van der Waals surface area contributed by atoms with Crippen LogP contribution in [-0.2, 0) is 6.61 Å². The molecule has 6 nitrogen and oxygen atoms in total. The van der Waals surface area contributed by atoms with Crippen LogP contribution in [0.3, 0.4) is 0 Å². The summed E-state index contributed by atoms with van der Waals surface area (Å²) in [5.74, 6) is 1.80. The van der Waals surface area contributed by atoms with Gasteiger partial charge in [-0.05, 0) is 23.8 Å². The molecule has 6 heteroatoms. The summed E-state index contributed by atoms with van der Waals surface area (Å²) in [6, 6.07) is 10.8. The maximum atomic E-state index is 7.34. The molecule has 2 heterocycles. The first-order valence-corrected chi connectivity index (χ1v) is 6.05. The molecule has 0 unspecified atom stereocenters. The Balaban J connectivity index is 1.70. The van der Waals surface area contributed by atoms with E-state index in [9.17, 15) is 0 Å². The van der Waals surface area contributed by atoms with E-state index < -0.39 is 0 Å². The van der Waals surface area contributed by atoms with E-state index >= 15 is 0 Å². The summed E-state index contributed by atoms with van der Waals surface area (Å²) in [6.07, 6.45) is 0. The van der Waals surface area contributed by atoms with Crippen molar-refractivity contribution in [1.82, 2.24) is 4.98 Å². The average Bonchev–Trinajstić information content (AvgIpc) is 2.93. The minimum absolute atomic E-state index is 0.0847. The molecule has 3 rings (SSSR count). The van der Waals surface area contributed by atoms with Gasteiger partial charge in [-0.25, -0.2) is 4.98 Å². The van der Waals surface area contributed by atoms with Gasteiger partial charge in [-0.15, -0.1) is 0 Å². The lowest BCUT2D eigenvalue weighted by Gasteiger charge is -2.07. The van der Waals surface area contributed by atoms with Crippen LogP contribution >= 0.6 is 0 Å². The molecule has 1 aliphatic rings. The summed E-state index contributed by atoms with van der Waals surface area (Å²) in [7, 11) is 0. The molecule has 102 valence electrons. The van der Waals surface area contributed by atoms with E-state index in [2.05, 4.69) is 4.98 Å². The maximum Gasteiger partial charge on any atom is 0.231 e. The zero-order chi connectivity index (χ0) is 13.9. The summed E-state index contributed by atoms with van der Waals surface area (Å²) in [5, 5.41) is 7.34. The standard InChI is InChI=1S/C14H13N3O3/c15-14(16)10-2-1-3-13(17-10)18-7-9-4-5-11-12(6-9)20-8-19-11/h1-6H,7-8H2,(H3,15,16). The molecule has 1 aromatic heterocycles. The minimum Gasteiger partial charge on any atom is -0.473 e. The lowest BCUT2D eigenvalue weighted by molar-refractivity contribution is 0.174. The van der Waals surface area contributed by atoms with Crippen LogP contribution < -0.4 is 19.9 Å². The molecule has 2 aromatic rings. The van der Waals surface area contributed by atoms with Gasteiger partial charge < -0.3 is 19.9 Å². The lowest BCUT2D eigenvalue weighted by atomic mass is 10.2. The first-order chi connectivity index (χ1) is 9.72. The van der Waals surface area contributed by atoms with Crippen LogP contribution in [0.1, 0.15) is 11.3 Å². The van der Waals surface area contributed by atoms with Crippen molar-refractivity contribution in [3.63, 3.8) is 0 Å². The van der Waals surface area contributed by atoms with E-state index in [4.69, 9.17) is 25.4 Å². The zero-order valence-electron chi connectivity index (χ0n) is 10.6. The van der Waals surface area contributed by atoms with Gasteiger partial charge in [-0.3, -0.25) is 5.41 Å². The van der Waals surface area contributed by atoms with Crippen LogP contribution in [0.25, 0.3) is 0 Å². The summed E-state index contributed by atoms with van der Waals surface area (Å²) in [4.78, 5) is 4.13. The Bertz CT molecular complexity index is 658. The van der Waals surface area contributed by atoms with E-state index in [0.29, 0.717) is 18.2 Å². The summed E-state index contributed by atoms with van der Waals surface area (Å²) >= 11 is 0. The van der Waals surface area contributed by atoms with Crippen molar-refractivity contribution in [1.29, 1.82) is 5.41 Å². The summed E-state index contributed by atoms with van der Waals surface area (Å²) < 4.78 is 16.1. The number of nitrogens with zero attached hydrogens (tertiary/aromatic N) is 1. The number of hydrogen-bond acceptors (Lipinski definition) is 5. The molecule has 1 aliphatic heterocycles. The second kappa shape index (κ2) is 5.08. The quantitative estimate of drug-likeness (QED) is 0.652. The van der Waals surface area contributed by atoms with Crippen LogP contribution in [0.4, 0.5) is 0 Å². The Labute approximate surface area is 115 Å². The number of fused-ring (bicyclic) bond motifs is 1. The van der Waals surface area contributed by atoms with Gasteiger partial charge >= 0.3 is 0 Å². The Morgan fingerprint density at radius 1 is 1.25 bits per heavy atom. The van der Waals surface area contributed by atoms with E-state index in [1.807, 2.05) is 18.2 Å². The molecule has 0 fully saturated rings. The molecule has 20 heavy (non-hydrogen) atoms. The van der Waals surface area contributed by atoms with Crippen molar-refractivity contribution >= 4 is 5.84 Å². The topological polar surface area (TPSA) is 90.5 Å². The molecule has 0 atom stereocenters. The van der Waals surface area contributed by atoms with E-state index in [1.54, 1.807) is 18.2 Å². The first-order valence-electron chi connectivity index (χ1n) is 6.05. The van der Waals surface area contributed by atoms with Crippen molar-refractivity contribution in [2.45, 2.75) is 6.61 Å². The van der Waals surface area contributed by atoms with Crippen LogP contribution in [-0.4, -0.2) is 17.6 Å². The van der Waals surface area contributed by atoms with Crippen molar-refractivity contribution in [3.05, 3.63) is 47.7 Å². The van der Waals surface area contributed by atoms with Gasteiger partial charge in [0.05, 0.1) is 0 Å². The second-order valence-corrected chi connectivity index (χ2v) is 4.25. The molecular weight excluding hydrogens is 258 g/mol. The smallest absolute Gasteiger partial charge is 0.231 e. The SMILES string of the molecule is N=C(N)c1cccc(OCc2ccc3c(c2)OCO3)n1. The number of hydrogen-bond donors (Lipinski definition) is 2. The summed E-state index contributed by atoms with van der Waals surface area (Å²) in [6.45, 7) is 0.604. The van der Waals surface area contributed by atoms with Gasteiger partial charge in [0.15, 0.2) is 11.5 Å². The molecule has 3 N–H and O–H groups in total. The molecule has 0 amide bonds. The highest BCUT2D eigenvalue weighted by molar-refractivity contribution is 5.93. The number of amidine groups is 1. The molecule has 0 aliphatic carbocycles. The van der Waals surface area contributed by atoms with Crippen molar-refractivity contribution < 1.29 is 14.2 Å². The number of benzene rings is 1. The minimum atomic E-state index is -0.0847. The van der Waals surface area contributed by atoms with Crippen molar-refractivity contribution in [2.24, 2.45) is 5.73 Å². The fourth-order valence-electron chi connectivity index (χ4n) is 1.83. The highest BCUT2D eigenvalue weighted by Gasteiger charge is 2.13. The molecule has 0 radical (unpaired) electrons. The number of rotatable bonds is 4. The zero-order valence-corrected chi connectivity index (χ0v) is 10.6.